The van der Waals surface area contributed by atoms with Gasteiger partial charge in [-0.15, -0.1) is 13.2 Å². The Balaban J connectivity index is 1.71. The molecule has 34 heavy (non-hydrogen) atoms. The summed E-state index contributed by atoms with van der Waals surface area (Å²) in [4.78, 5) is 28.2. The number of aromatic nitrogens is 2. The van der Waals surface area contributed by atoms with Crippen LogP contribution in [0, 0.1) is 5.82 Å². The molecule has 3 aromatic rings. The molecule has 1 aliphatic rings. The highest BCUT2D eigenvalue weighted by molar-refractivity contribution is 5.85. The monoisotopic (exact) mass is 478 g/mol. The molecular weight excluding hydrogens is 462 g/mol. The van der Waals surface area contributed by atoms with E-state index in [-0.39, 0.29) is 36.4 Å². The Morgan fingerprint density at radius 1 is 1.26 bits per heavy atom. The summed E-state index contributed by atoms with van der Waals surface area (Å²) in [7, 11) is 0. The number of fused-ring (bicyclic) bond motifs is 1. The Morgan fingerprint density at radius 3 is 2.74 bits per heavy atom. The number of ether oxygens (including phenoxy) is 2. The summed E-state index contributed by atoms with van der Waals surface area (Å²) in [6.45, 7) is -0.199. The fraction of sp³-hybridized carbons (Fsp3) is 0.227. The molecule has 1 aliphatic heterocycles. The van der Waals surface area contributed by atoms with E-state index in [9.17, 15) is 32.3 Å². The number of nitrogens with one attached hydrogen (secondary N) is 1. The quantitative estimate of drug-likeness (QED) is 0.545. The third-order valence-electron chi connectivity index (χ3n) is 5.23. The Hall–Kier alpha value is -4.09. The van der Waals surface area contributed by atoms with Crippen molar-refractivity contribution in [2.45, 2.75) is 24.9 Å². The minimum atomic E-state index is -5.08. The molecule has 178 valence electrons. The average molecular weight is 478 g/mol. The second kappa shape index (κ2) is 8.69. The second-order valence-electron chi connectivity index (χ2n) is 7.46. The molecule has 0 aliphatic carbocycles. The second-order valence-corrected chi connectivity index (χ2v) is 7.46. The van der Waals surface area contributed by atoms with Crippen LogP contribution in [-0.4, -0.2) is 34.4 Å². The third kappa shape index (κ3) is 4.65. The van der Waals surface area contributed by atoms with Crippen molar-refractivity contribution in [3.05, 3.63) is 77.6 Å². The molecule has 1 atom stereocenters. The topological polar surface area (TPSA) is 106 Å². The lowest BCUT2D eigenvalue weighted by molar-refractivity contribution is -0.275. The van der Waals surface area contributed by atoms with Gasteiger partial charge < -0.3 is 29.3 Å². The molecule has 0 saturated carbocycles. The van der Waals surface area contributed by atoms with Gasteiger partial charge in [0.15, 0.2) is 11.6 Å². The van der Waals surface area contributed by atoms with Crippen molar-refractivity contribution in [2.24, 2.45) is 0 Å². The van der Waals surface area contributed by atoms with E-state index in [0.29, 0.717) is 5.75 Å². The molecule has 0 radical (unpaired) electrons. The Bertz CT molecular complexity index is 1240. The van der Waals surface area contributed by atoms with Gasteiger partial charge in [-0.3, -0.25) is 9.78 Å². The molecule has 1 N–H and O–H groups in total. The van der Waals surface area contributed by atoms with E-state index < -0.39 is 35.3 Å². The highest BCUT2D eigenvalue weighted by atomic mass is 19.4. The smallest absolute Gasteiger partial charge is 0.545 e. The van der Waals surface area contributed by atoms with E-state index in [1.807, 2.05) is 0 Å². The first-order valence-corrected chi connectivity index (χ1v) is 9.89. The normalized spacial score (nSPS) is 17.4. The number of hydrogen-bond donors (Lipinski definition) is 1. The molecule has 4 rings (SSSR count). The highest BCUT2D eigenvalue weighted by Crippen LogP contribution is 2.41. The number of pyridine rings is 1. The molecule has 0 bridgehead atoms. The summed E-state index contributed by atoms with van der Waals surface area (Å²) in [6.07, 6.45) is -0.971. The summed E-state index contributed by atoms with van der Waals surface area (Å²) in [6, 6.07) is 7.32. The zero-order chi connectivity index (χ0) is 24.5. The third-order valence-corrected chi connectivity index (χ3v) is 5.23. The number of benzene rings is 1. The molecule has 1 amide bonds. The molecule has 0 saturated heterocycles. The molecule has 8 nitrogen and oxygen atoms in total. The number of nitrogens with zero attached hydrogens (tertiary/aromatic N) is 2. The lowest BCUT2D eigenvalue weighted by Gasteiger charge is -2.39. The van der Waals surface area contributed by atoms with Crippen molar-refractivity contribution < 1.29 is 41.7 Å². The number of rotatable bonds is 6. The predicted molar refractivity (Wildman–Crippen MR) is 105 cm³/mol. The van der Waals surface area contributed by atoms with Crippen LogP contribution in [0.15, 0.2) is 55.0 Å². The first-order chi connectivity index (χ1) is 16.1. The Kier molecular flexibility index (Phi) is 5.90. The number of carbonyl (C=O) groups is 2. The van der Waals surface area contributed by atoms with Gasteiger partial charge in [-0.05, 0) is 35.9 Å². The van der Waals surface area contributed by atoms with Crippen LogP contribution in [0.1, 0.15) is 28.0 Å². The summed E-state index contributed by atoms with van der Waals surface area (Å²) < 4.78 is 62.9. The summed E-state index contributed by atoms with van der Waals surface area (Å²) in [5.41, 5.74) is -1.20. The molecule has 0 fully saturated rings. The van der Waals surface area contributed by atoms with Crippen LogP contribution >= 0.6 is 0 Å². The van der Waals surface area contributed by atoms with Crippen molar-refractivity contribution in [2.75, 3.05) is 6.61 Å². The van der Waals surface area contributed by atoms with E-state index in [0.717, 1.165) is 12.1 Å². The first-order valence-electron chi connectivity index (χ1n) is 9.89. The number of carboxylic acids is 1. The number of carbonyl (C=O) groups excluding carboxylic acids is 2. The van der Waals surface area contributed by atoms with E-state index in [1.54, 1.807) is 12.1 Å². The van der Waals surface area contributed by atoms with Crippen LogP contribution < -0.4 is 19.9 Å². The van der Waals surface area contributed by atoms with E-state index in [4.69, 9.17) is 4.74 Å². The van der Waals surface area contributed by atoms with Gasteiger partial charge in [-0.1, -0.05) is 6.07 Å². The van der Waals surface area contributed by atoms with Crippen LogP contribution in [0.4, 0.5) is 17.6 Å². The zero-order valence-electron chi connectivity index (χ0n) is 17.3. The molecule has 2 aromatic heterocycles. The van der Waals surface area contributed by atoms with Crippen LogP contribution in [0.2, 0.25) is 0 Å². The maximum Gasteiger partial charge on any atom is 0.573 e. The maximum atomic E-state index is 14.6. The van der Waals surface area contributed by atoms with Gasteiger partial charge in [0.1, 0.15) is 23.5 Å². The van der Waals surface area contributed by atoms with E-state index in [2.05, 4.69) is 15.0 Å². The SMILES string of the molecule is O=C(Cn1ccc(C(=O)[O-])c1)NC1(c2ccc(OC(F)(F)F)c(F)c2)CCOc2cccnc21. The van der Waals surface area contributed by atoms with Gasteiger partial charge in [-0.2, -0.15) is 0 Å². The number of alkyl halides is 3. The number of halogens is 4. The van der Waals surface area contributed by atoms with Crippen LogP contribution in [0.25, 0.3) is 0 Å². The zero-order valence-corrected chi connectivity index (χ0v) is 17.3. The van der Waals surface area contributed by atoms with Crippen molar-refractivity contribution in [1.29, 1.82) is 0 Å². The van der Waals surface area contributed by atoms with E-state index in [1.165, 1.54) is 35.3 Å². The van der Waals surface area contributed by atoms with Gasteiger partial charge in [0, 0.05) is 30.6 Å². The first kappa shape index (κ1) is 23.1. The van der Waals surface area contributed by atoms with E-state index >= 15 is 0 Å². The number of carboxylic acid groups (broad SMARTS) is 1. The average Bonchev–Trinajstić information content (AvgIpc) is 3.23. The summed E-state index contributed by atoms with van der Waals surface area (Å²) in [5, 5.41) is 13.8. The highest BCUT2D eigenvalue weighted by Gasteiger charge is 2.43. The van der Waals surface area contributed by atoms with Gasteiger partial charge in [0.2, 0.25) is 5.91 Å². The number of amides is 1. The summed E-state index contributed by atoms with van der Waals surface area (Å²) in [5.74, 6) is -3.99. The van der Waals surface area contributed by atoms with Crippen LogP contribution in [-0.2, 0) is 16.9 Å². The standard InChI is InChI=1S/C22H17F4N3O5/c23-15-10-14(3-4-16(15)34-22(24,25)26)21(6-9-33-17-2-1-7-27-19(17)21)28-18(30)12-29-8-5-13(11-29)20(31)32/h1-5,7-8,10-11H,6,9,12H2,(H,28,30)(H,31,32)/p-1. The Labute approximate surface area is 189 Å². The van der Waals surface area contributed by atoms with Gasteiger partial charge in [0.25, 0.3) is 0 Å². The van der Waals surface area contributed by atoms with Crippen molar-refractivity contribution >= 4 is 11.9 Å². The number of hydrogen-bond acceptors (Lipinski definition) is 6. The fourth-order valence-electron chi connectivity index (χ4n) is 3.81. The number of aromatic carboxylic acids is 1. The van der Waals surface area contributed by atoms with Crippen molar-refractivity contribution in [1.82, 2.24) is 14.9 Å². The lowest BCUT2D eigenvalue weighted by Crippen LogP contribution is -2.51. The molecule has 12 heteroatoms. The predicted octanol–water partition coefficient (Wildman–Crippen LogP) is 2.13. The lowest BCUT2D eigenvalue weighted by atomic mass is 9.81. The van der Waals surface area contributed by atoms with Crippen LogP contribution in [0.5, 0.6) is 11.5 Å². The molecular formula is C22H16F4N3O5-. The maximum absolute atomic E-state index is 14.6. The van der Waals surface area contributed by atoms with Crippen molar-refractivity contribution in [3.8, 4) is 11.5 Å². The van der Waals surface area contributed by atoms with Gasteiger partial charge in [-0.25, -0.2) is 4.39 Å². The van der Waals surface area contributed by atoms with Gasteiger partial charge in [0.05, 0.1) is 12.6 Å². The molecule has 3 heterocycles. The summed E-state index contributed by atoms with van der Waals surface area (Å²) >= 11 is 0. The van der Waals surface area contributed by atoms with Gasteiger partial charge >= 0.3 is 6.36 Å². The molecule has 1 unspecified atom stereocenters. The minimum absolute atomic E-state index is 0.0949. The fourth-order valence-corrected chi connectivity index (χ4v) is 3.81. The Morgan fingerprint density at radius 2 is 2.06 bits per heavy atom. The minimum Gasteiger partial charge on any atom is -0.545 e. The van der Waals surface area contributed by atoms with Crippen molar-refractivity contribution in [3.63, 3.8) is 0 Å². The molecule has 0 spiro atoms. The largest absolute Gasteiger partial charge is 0.573 e. The molecule has 1 aromatic carbocycles. The van der Waals surface area contributed by atoms with Crippen LogP contribution in [0.3, 0.4) is 0 Å².